The van der Waals surface area contributed by atoms with E-state index in [2.05, 4.69) is 29.4 Å². The normalized spacial score (nSPS) is 41.2. The van der Waals surface area contributed by atoms with E-state index in [-0.39, 0.29) is 0 Å². The van der Waals surface area contributed by atoms with Crippen molar-refractivity contribution >= 4 is 0 Å². The van der Waals surface area contributed by atoms with Crippen LogP contribution in [0.1, 0.15) is 90.9 Å². The summed E-state index contributed by atoms with van der Waals surface area (Å²) in [6.45, 7) is 7.77. The van der Waals surface area contributed by atoms with E-state index in [9.17, 15) is 0 Å². The standard InChI is InChI=1S/C27H52N4O/c1-19(2)31-26-17-23(22-9-7-20(8-10-22)18-29-14-13-28)11-12-25(26)30-27(31)16-21-5-4-6-24(15-21)32-3/h19-27,29-30H,4-18,28H2,1-3H3. The van der Waals surface area contributed by atoms with Gasteiger partial charge in [0.2, 0.25) is 0 Å². The maximum absolute atomic E-state index is 5.73. The smallest absolute Gasteiger partial charge is 0.0607 e. The molecule has 1 saturated heterocycles. The summed E-state index contributed by atoms with van der Waals surface area (Å²) in [5, 5.41) is 7.67. The van der Waals surface area contributed by atoms with Crippen LogP contribution in [-0.2, 0) is 4.74 Å². The summed E-state index contributed by atoms with van der Waals surface area (Å²) in [5.74, 6) is 3.62. The fraction of sp³-hybridized carbons (Fsp3) is 1.00. The number of hydrogen-bond acceptors (Lipinski definition) is 5. The first-order valence-corrected chi connectivity index (χ1v) is 14.1. The molecule has 186 valence electrons. The highest BCUT2D eigenvalue weighted by molar-refractivity contribution is 5.02. The third-order valence-corrected chi connectivity index (χ3v) is 9.54. The van der Waals surface area contributed by atoms with Crippen molar-refractivity contribution in [3.63, 3.8) is 0 Å². The molecular formula is C27H52N4O. The molecule has 4 fully saturated rings. The summed E-state index contributed by atoms with van der Waals surface area (Å²) >= 11 is 0. The first-order valence-electron chi connectivity index (χ1n) is 14.1. The summed E-state index contributed by atoms with van der Waals surface area (Å²) in [6, 6.07) is 2.11. The van der Waals surface area contributed by atoms with Gasteiger partial charge >= 0.3 is 0 Å². The molecule has 6 atom stereocenters. The summed E-state index contributed by atoms with van der Waals surface area (Å²) in [6.07, 6.45) is 17.7. The Morgan fingerprint density at radius 1 is 0.969 bits per heavy atom. The predicted octanol–water partition coefficient (Wildman–Crippen LogP) is 4.11. The number of nitrogens with two attached hydrogens (primary N) is 1. The number of nitrogens with zero attached hydrogens (tertiary/aromatic N) is 1. The molecule has 4 aliphatic rings. The molecule has 0 spiro atoms. The highest BCUT2D eigenvalue weighted by atomic mass is 16.5. The topological polar surface area (TPSA) is 62.6 Å². The molecule has 6 unspecified atom stereocenters. The van der Waals surface area contributed by atoms with Crippen LogP contribution in [0.25, 0.3) is 0 Å². The van der Waals surface area contributed by atoms with Crippen LogP contribution in [0, 0.1) is 23.7 Å². The van der Waals surface area contributed by atoms with Crippen molar-refractivity contribution in [3.05, 3.63) is 0 Å². The molecule has 3 aliphatic carbocycles. The molecule has 0 aromatic heterocycles. The van der Waals surface area contributed by atoms with Crippen LogP contribution in [0.4, 0.5) is 0 Å². The van der Waals surface area contributed by atoms with Gasteiger partial charge in [-0.3, -0.25) is 10.2 Å². The van der Waals surface area contributed by atoms with Crippen molar-refractivity contribution in [2.24, 2.45) is 29.4 Å². The Bertz CT molecular complexity index is 550. The molecule has 0 bridgehead atoms. The first-order chi connectivity index (χ1) is 15.6. The Morgan fingerprint density at radius 2 is 1.75 bits per heavy atom. The largest absolute Gasteiger partial charge is 0.381 e. The number of fused-ring (bicyclic) bond motifs is 1. The van der Waals surface area contributed by atoms with Crippen molar-refractivity contribution in [3.8, 4) is 0 Å². The Hall–Kier alpha value is -0.200. The molecule has 0 amide bonds. The van der Waals surface area contributed by atoms with Crippen LogP contribution in [0.5, 0.6) is 0 Å². The lowest BCUT2D eigenvalue weighted by Crippen LogP contribution is -2.47. The second-order valence-electron chi connectivity index (χ2n) is 11.9. The third-order valence-electron chi connectivity index (χ3n) is 9.54. The van der Waals surface area contributed by atoms with Gasteiger partial charge in [-0.05, 0) is 108 Å². The van der Waals surface area contributed by atoms with Gasteiger partial charge in [0.05, 0.1) is 12.3 Å². The van der Waals surface area contributed by atoms with Gasteiger partial charge in [-0.15, -0.1) is 0 Å². The lowest BCUT2D eigenvalue weighted by atomic mass is 9.69. The summed E-state index contributed by atoms with van der Waals surface area (Å²) in [5.41, 5.74) is 5.64. The van der Waals surface area contributed by atoms with Crippen molar-refractivity contribution < 1.29 is 4.74 Å². The van der Waals surface area contributed by atoms with E-state index in [0.717, 1.165) is 48.8 Å². The minimum atomic E-state index is 0.495. The van der Waals surface area contributed by atoms with E-state index < -0.39 is 0 Å². The molecule has 0 radical (unpaired) electrons. The Kier molecular flexibility index (Phi) is 9.32. The van der Waals surface area contributed by atoms with Crippen LogP contribution in [0.2, 0.25) is 0 Å². The van der Waals surface area contributed by atoms with E-state index in [1.54, 1.807) is 0 Å². The number of rotatable bonds is 9. The van der Waals surface area contributed by atoms with Gasteiger partial charge in [0.25, 0.3) is 0 Å². The number of hydrogen-bond donors (Lipinski definition) is 3. The van der Waals surface area contributed by atoms with Crippen molar-refractivity contribution in [1.29, 1.82) is 0 Å². The molecule has 0 aromatic rings. The third kappa shape index (κ3) is 6.07. The molecule has 0 aromatic carbocycles. The average Bonchev–Trinajstić information content (AvgIpc) is 3.17. The quantitative estimate of drug-likeness (QED) is 0.463. The van der Waals surface area contributed by atoms with Gasteiger partial charge in [0.15, 0.2) is 0 Å². The molecule has 4 rings (SSSR count). The van der Waals surface area contributed by atoms with Gasteiger partial charge in [-0.25, -0.2) is 0 Å². The zero-order valence-corrected chi connectivity index (χ0v) is 21.2. The Morgan fingerprint density at radius 3 is 2.47 bits per heavy atom. The summed E-state index contributed by atoms with van der Waals surface area (Å²) in [7, 11) is 1.90. The molecule has 1 heterocycles. The van der Waals surface area contributed by atoms with Crippen LogP contribution in [0.15, 0.2) is 0 Å². The number of methoxy groups -OCH3 is 1. The van der Waals surface area contributed by atoms with Crippen LogP contribution >= 0.6 is 0 Å². The summed E-state index contributed by atoms with van der Waals surface area (Å²) < 4.78 is 5.73. The van der Waals surface area contributed by atoms with E-state index in [1.807, 2.05) is 7.11 Å². The highest BCUT2D eigenvalue weighted by Crippen LogP contribution is 2.44. The predicted molar refractivity (Wildman–Crippen MR) is 134 cm³/mol. The fourth-order valence-corrected chi connectivity index (χ4v) is 7.88. The van der Waals surface area contributed by atoms with Crippen LogP contribution in [0.3, 0.4) is 0 Å². The molecule has 5 heteroatoms. The molecule has 4 N–H and O–H groups in total. The van der Waals surface area contributed by atoms with Gasteiger partial charge < -0.3 is 15.8 Å². The minimum absolute atomic E-state index is 0.495. The molecular weight excluding hydrogens is 396 g/mol. The van der Waals surface area contributed by atoms with Gasteiger partial charge in [0, 0.05) is 38.3 Å². The fourth-order valence-electron chi connectivity index (χ4n) is 7.88. The van der Waals surface area contributed by atoms with Gasteiger partial charge in [-0.2, -0.15) is 0 Å². The minimum Gasteiger partial charge on any atom is -0.381 e. The highest BCUT2D eigenvalue weighted by Gasteiger charge is 2.46. The average molecular weight is 449 g/mol. The van der Waals surface area contributed by atoms with E-state index in [1.165, 1.54) is 83.6 Å². The monoisotopic (exact) mass is 448 g/mol. The van der Waals surface area contributed by atoms with E-state index in [4.69, 9.17) is 10.5 Å². The Labute approximate surface area is 198 Å². The molecule has 1 aliphatic heterocycles. The zero-order valence-electron chi connectivity index (χ0n) is 21.2. The van der Waals surface area contributed by atoms with Gasteiger partial charge in [0.1, 0.15) is 0 Å². The maximum atomic E-state index is 5.73. The molecule has 3 saturated carbocycles. The number of nitrogens with one attached hydrogen (secondary N) is 2. The van der Waals surface area contributed by atoms with E-state index in [0.29, 0.717) is 18.3 Å². The van der Waals surface area contributed by atoms with Crippen molar-refractivity contribution in [1.82, 2.24) is 15.5 Å². The lowest BCUT2D eigenvalue weighted by molar-refractivity contribution is 0.0336. The van der Waals surface area contributed by atoms with Crippen molar-refractivity contribution in [2.45, 2.75) is 121 Å². The SMILES string of the molecule is COC1CCCC(CC2NC3CCC(C4CCC(CNCCN)CC4)CC3N2C(C)C)C1. The first kappa shape index (κ1) is 24.9. The molecule has 32 heavy (non-hydrogen) atoms. The van der Waals surface area contributed by atoms with E-state index >= 15 is 0 Å². The lowest BCUT2D eigenvalue weighted by Gasteiger charge is -2.43. The maximum Gasteiger partial charge on any atom is 0.0607 e. The zero-order chi connectivity index (χ0) is 22.5. The van der Waals surface area contributed by atoms with Crippen LogP contribution < -0.4 is 16.4 Å². The second-order valence-corrected chi connectivity index (χ2v) is 11.9. The summed E-state index contributed by atoms with van der Waals surface area (Å²) in [4.78, 5) is 2.90. The van der Waals surface area contributed by atoms with Gasteiger partial charge in [-0.1, -0.05) is 12.8 Å². The number of ether oxygens (including phenoxy) is 1. The second kappa shape index (κ2) is 12.0. The van der Waals surface area contributed by atoms with Crippen molar-refractivity contribution in [2.75, 3.05) is 26.7 Å². The molecule has 5 nitrogen and oxygen atoms in total. The van der Waals surface area contributed by atoms with Crippen LogP contribution in [-0.4, -0.2) is 62.0 Å². The Balaban J connectivity index is 1.30.